The molecule has 0 aliphatic rings. The lowest BCUT2D eigenvalue weighted by molar-refractivity contribution is 0.0782. The maximum atomic E-state index is 12.4. The van der Waals surface area contributed by atoms with Gasteiger partial charge in [0.2, 0.25) is 0 Å². The molecule has 0 atom stereocenters. The van der Waals surface area contributed by atoms with E-state index < -0.39 is 0 Å². The number of carbonyl (C=O) groups is 1. The molecule has 0 aliphatic heterocycles. The summed E-state index contributed by atoms with van der Waals surface area (Å²) >= 11 is 8.38. The molecule has 2 aromatic rings. The highest BCUT2D eigenvalue weighted by molar-refractivity contribution is 9.11. The van der Waals surface area contributed by atoms with Gasteiger partial charge in [-0.25, -0.2) is 4.98 Å². The van der Waals surface area contributed by atoms with Crippen molar-refractivity contribution in [2.24, 2.45) is 0 Å². The fourth-order valence-corrected chi connectivity index (χ4v) is 3.04. The standard InChI is InChI=1S/C13H12Br2N2OS/c1-8-16-10(7-19-8)6-17(2)13(18)11-5-9(14)3-4-12(11)15/h3-5,7H,6H2,1-2H3. The fourth-order valence-electron chi connectivity index (χ4n) is 1.66. The van der Waals surface area contributed by atoms with E-state index in [0.717, 1.165) is 19.6 Å². The molecule has 6 heteroatoms. The molecule has 0 unspecified atom stereocenters. The van der Waals surface area contributed by atoms with Crippen LogP contribution in [0.1, 0.15) is 21.1 Å². The zero-order valence-corrected chi connectivity index (χ0v) is 14.5. The number of rotatable bonds is 3. The van der Waals surface area contributed by atoms with Crippen LogP contribution in [0.3, 0.4) is 0 Å². The molecule has 0 fully saturated rings. The van der Waals surface area contributed by atoms with Crippen molar-refractivity contribution in [3.8, 4) is 0 Å². The molecule has 0 spiro atoms. The summed E-state index contributed by atoms with van der Waals surface area (Å²) in [6.07, 6.45) is 0. The molecule has 2 rings (SSSR count). The van der Waals surface area contributed by atoms with Gasteiger partial charge in [-0.15, -0.1) is 11.3 Å². The summed E-state index contributed by atoms with van der Waals surface area (Å²) in [6.45, 7) is 2.48. The number of amides is 1. The summed E-state index contributed by atoms with van der Waals surface area (Å²) in [4.78, 5) is 18.4. The Morgan fingerprint density at radius 3 is 2.79 bits per heavy atom. The maximum absolute atomic E-state index is 12.4. The predicted octanol–water partition coefficient (Wildman–Crippen LogP) is 4.25. The van der Waals surface area contributed by atoms with Crippen LogP contribution in [0.25, 0.3) is 0 Å². The van der Waals surface area contributed by atoms with Crippen molar-refractivity contribution in [2.75, 3.05) is 7.05 Å². The van der Waals surface area contributed by atoms with Gasteiger partial charge in [0.25, 0.3) is 5.91 Å². The number of nitrogens with zero attached hydrogens (tertiary/aromatic N) is 2. The van der Waals surface area contributed by atoms with E-state index in [1.807, 2.05) is 30.5 Å². The van der Waals surface area contributed by atoms with Crippen LogP contribution in [-0.2, 0) is 6.54 Å². The van der Waals surface area contributed by atoms with Gasteiger partial charge in [0.15, 0.2) is 0 Å². The van der Waals surface area contributed by atoms with Crippen molar-refractivity contribution < 1.29 is 4.79 Å². The summed E-state index contributed by atoms with van der Waals surface area (Å²) in [5.41, 5.74) is 1.56. The maximum Gasteiger partial charge on any atom is 0.255 e. The minimum absolute atomic E-state index is 0.0289. The molecule has 1 aromatic carbocycles. The Morgan fingerprint density at radius 1 is 1.42 bits per heavy atom. The van der Waals surface area contributed by atoms with E-state index in [9.17, 15) is 4.79 Å². The molecule has 0 saturated carbocycles. The SMILES string of the molecule is Cc1nc(CN(C)C(=O)c2cc(Br)ccc2Br)cs1. The van der Waals surface area contributed by atoms with Gasteiger partial charge in [-0.2, -0.15) is 0 Å². The fraction of sp³-hybridized carbons (Fsp3) is 0.231. The number of hydrogen-bond acceptors (Lipinski definition) is 3. The quantitative estimate of drug-likeness (QED) is 0.767. The van der Waals surface area contributed by atoms with E-state index in [4.69, 9.17) is 0 Å². The Labute approximate surface area is 132 Å². The third-order valence-electron chi connectivity index (χ3n) is 2.57. The lowest BCUT2D eigenvalue weighted by atomic mass is 10.2. The van der Waals surface area contributed by atoms with Crippen molar-refractivity contribution in [1.82, 2.24) is 9.88 Å². The first-order chi connectivity index (χ1) is 8.97. The highest BCUT2D eigenvalue weighted by atomic mass is 79.9. The third-order valence-corrected chi connectivity index (χ3v) is 4.58. The number of halogens is 2. The van der Waals surface area contributed by atoms with E-state index in [2.05, 4.69) is 36.8 Å². The summed E-state index contributed by atoms with van der Waals surface area (Å²) in [5.74, 6) is -0.0289. The molecule has 0 N–H and O–H groups in total. The van der Waals surface area contributed by atoms with Gasteiger partial charge >= 0.3 is 0 Å². The summed E-state index contributed by atoms with van der Waals surface area (Å²) < 4.78 is 1.68. The smallest absolute Gasteiger partial charge is 0.255 e. The number of hydrogen-bond donors (Lipinski definition) is 0. The molecule has 0 saturated heterocycles. The van der Waals surface area contributed by atoms with Crippen LogP contribution in [0.4, 0.5) is 0 Å². The van der Waals surface area contributed by atoms with Crippen molar-refractivity contribution in [2.45, 2.75) is 13.5 Å². The van der Waals surface area contributed by atoms with Gasteiger partial charge in [0.1, 0.15) is 0 Å². The Hall–Kier alpha value is -0.720. The number of thiazole rings is 1. The molecule has 0 aliphatic carbocycles. The molecule has 0 bridgehead atoms. The van der Waals surface area contributed by atoms with Crippen molar-refractivity contribution in [1.29, 1.82) is 0 Å². The van der Waals surface area contributed by atoms with E-state index in [1.165, 1.54) is 0 Å². The molecule has 3 nitrogen and oxygen atoms in total. The van der Waals surface area contributed by atoms with Crippen molar-refractivity contribution in [3.63, 3.8) is 0 Å². The van der Waals surface area contributed by atoms with E-state index in [0.29, 0.717) is 12.1 Å². The third kappa shape index (κ3) is 3.64. The monoisotopic (exact) mass is 402 g/mol. The highest BCUT2D eigenvalue weighted by Crippen LogP contribution is 2.23. The van der Waals surface area contributed by atoms with Crippen molar-refractivity contribution >= 4 is 49.1 Å². The number of carbonyl (C=O) groups excluding carboxylic acids is 1. The van der Waals surface area contributed by atoms with Crippen LogP contribution in [0.15, 0.2) is 32.5 Å². The predicted molar refractivity (Wildman–Crippen MR) is 84.5 cm³/mol. The minimum Gasteiger partial charge on any atom is -0.336 e. The Bertz CT molecular complexity index is 612. The number of aryl methyl sites for hydroxylation is 1. The van der Waals surface area contributed by atoms with Gasteiger partial charge in [-0.05, 0) is 41.1 Å². The number of benzene rings is 1. The lowest BCUT2D eigenvalue weighted by Crippen LogP contribution is -2.26. The summed E-state index contributed by atoms with van der Waals surface area (Å²) in [7, 11) is 1.78. The van der Waals surface area contributed by atoms with Gasteiger partial charge in [-0.1, -0.05) is 15.9 Å². The van der Waals surface area contributed by atoms with Crippen LogP contribution in [0.2, 0.25) is 0 Å². The van der Waals surface area contributed by atoms with Crippen LogP contribution in [0.5, 0.6) is 0 Å². The van der Waals surface area contributed by atoms with Crippen LogP contribution in [0, 0.1) is 6.92 Å². The molecular weight excluding hydrogens is 392 g/mol. The number of aromatic nitrogens is 1. The second-order valence-electron chi connectivity index (χ2n) is 4.14. The molecule has 1 heterocycles. The van der Waals surface area contributed by atoms with Gasteiger partial charge in [-0.3, -0.25) is 4.79 Å². The Balaban J connectivity index is 2.16. The summed E-state index contributed by atoms with van der Waals surface area (Å²) in [5, 5.41) is 2.99. The second kappa shape index (κ2) is 6.15. The zero-order valence-electron chi connectivity index (χ0n) is 10.5. The van der Waals surface area contributed by atoms with E-state index >= 15 is 0 Å². The average molecular weight is 404 g/mol. The summed E-state index contributed by atoms with van der Waals surface area (Å²) in [6, 6.07) is 5.57. The first-order valence-corrected chi connectivity index (χ1v) is 8.05. The van der Waals surface area contributed by atoms with E-state index in [-0.39, 0.29) is 5.91 Å². The normalized spacial score (nSPS) is 10.5. The van der Waals surface area contributed by atoms with Crippen LogP contribution >= 0.6 is 43.2 Å². The highest BCUT2D eigenvalue weighted by Gasteiger charge is 2.16. The molecule has 1 aromatic heterocycles. The van der Waals surface area contributed by atoms with Gasteiger partial charge in [0, 0.05) is 21.4 Å². The molecule has 100 valence electrons. The average Bonchev–Trinajstić information content (AvgIpc) is 2.77. The molecule has 1 amide bonds. The molecule has 0 radical (unpaired) electrons. The topological polar surface area (TPSA) is 33.2 Å². The zero-order chi connectivity index (χ0) is 14.0. The van der Waals surface area contributed by atoms with Gasteiger partial charge < -0.3 is 4.90 Å². The van der Waals surface area contributed by atoms with Crippen LogP contribution in [-0.4, -0.2) is 22.8 Å². The molecule has 19 heavy (non-hydrogen) atoms. The minimum atomic E-state index is -0.0289. The lowest BCUT2D eigenvalue weighted by Gasteiger charge is -2.17. The Morgan fingerprint density at radius 2 is 2.16 bits per heavy atom. The molecular formula is C13H12Br2N2OS. The largest absolute Gasteiger partial charge is 0.336 e. The van der Waals surface area contributed by atoms with Crippen LogP contribution < -0.4 is 0 Å². The Kier molecular flexibility index (Phi) is 4.76. The van der Waals surface area contributed by atoms with E-state index in [1.54, 1.807) is 23.3 Å². The van der Waals surface area contributed by atoms with Crippen molar-refractivity contribution in [3.05, 3.63) is 48.8 Å². The first kappa shape index (κ1) is 14.7. The first-order valence-electron chi connectivity index (χ1n) is 5.59. The second-order valence-corrected chi connectivity index (χ2v) is 6.98. The van der Waals surface area contributed by atoms with Gasteiger partial charge in [0.05, 0.1) is 22.8 Å².